The third kappa shape index (κ3) is 3.18. The van der Waals surface area contributed by atoms with Gasteiger partial charge in [0.05, 0.1) is 0 Å². The van der Waals surface area contributed by atoms with Crippen molar-refractivity contribution in [3.05, 3.63) is 0 Å². The zero-order valence-corrected chi connectivity index (χ0v) is 10.3. The predicted octanol–water partition coefficient (Wildman–Crippen LogP) is 2.25. The van der Waals surface area contributed by atoms with Gasteiger partial charge in [0.2, 0.25) is 0 Å². The topological polar surface area (TPSA) is 15.3 Å². The van der Waals surface area contributed by atoms with Crippen molar-refractivity contribution in [2.75, 3.05) is 19.6 Å². The molecule has 3 atom stereocenters. The van der Waals surface area contributed by atoms with Crippen molar-refractivity contribution in [2.45, 2.75) is 58.0 Å². The van der Waals surface area contributed by atoms with Gasteiger partial charge >= 0.3 is 0 Å². The van der Waals surface area contributed by atoms with Crippen LogP contribution in [0.2, 0.25) is 0 Å². The van der Waals surface area contributed by atoms with Crippen LogP contribution < -0.4 is 5.32 Å². The second-order valence-electron chi connectivity index (χ2n) is 5.62. The molecule has 3 unspecified atom stereocenters. The molecule has 15 heavy (non-hydrogen) atoms. The summed E-state index contributed by atoms with van der Waals surface area (Å²) in [5.41, 5.74) is 0. The summed E-state index contributed by atoms with van der Waals surface area (Å²) in [6, 6.07) is 1.58. The summed E-state index contributed by atoms with van der Waals surface area (Å²) in [4.78, 5) is 2.69. The van der Waals surface area contributed by atoms with Crippen molar-refractivity contribution in [1.82, 2.24) is 10.2 Å². The Morgan fingerprint density at radius 1 is 1.20 bits per heavy atom. The minimum atomic E-state index is 0.759. The van der Waals surface area contributed by atoms with E-state index in [1.807, 2.05) is 0 Å². The first-order chi connectivity index (χ1) is 7.25. The molecule has 0 radical (unpaired) electrons. The smallest absolute Gasteiger partial charge is 0.0197 e. The van der Waals surface area contributed by atoms with E-state index in [1.54, 1.807) is 0 Å². The summed E-state index contributed by atoms with van der Waals surface area (Å²) < 4.78 is 0. The zero-order valence-electron chi connectivity index (χ0n) is 10.3. The van der Waals surface area contributed by atoms with Crippen molar-refractivity contribution >= 4 is 0 Å². The molecule has 0 saturated carbocycles. The molecule has 0 bridgehead atoms. The van der Waals surface area contributed by atoms with Crippen LogP contribution in [0.5, 0.6) is 0 Å². The van der Waals surface area contributed by atoms with Crippen LogP contribution in [0.1, 0.15) is 46.0 Å². The molecule has 0 amide bonds. The van der Waals surface area contributed by atoms with Crippen LogP contribution in [0.25, 0.3) is 0 Å². The van der Waals surface area contributed by atoms with E-state index in [1.165, 1.54) is 51.7 Å². The Bertz CT molecular complexity index is 193. The molecule has 0 aromatic carbocycles. The van der Waals surface area contributed by atoms with Gasteiger partial charge in [-0.1, -0.05) is 13.3 Å². The molecule has 88 valence electrons. The molecule has 2 fully saturated rings. The number of likely N-dealkylation sites (tertiary alicyclic amines) is 1. The minimum absolute atomic E-state index is 0.759. The van der Waals surface area contributed by atoms with Crippen LogP contribution >= 0.6 is 0 Å². The van der Waals surface area contributed by atoms with Gasteiger partial charge in [-0.05, 0) is 51.6 Å². The molecule has 0 aliphatic carbocycles. The van der Waals surface area contributed by atoms with E-state index in [0.29, 0.717) is 0 Å². The number of hydrogen-bond donors (Lipinski definition) is 1. The Morgan fingerprint density at radius 2 is 2.07 bits per heavy atom. The molecule has 0 aromatic heterocycles. The number of nitrogens with one attached hydrogen (secondary N) is 1. The average Bonchev–Trinajstić information content (AvgIpc) is 2.22. The highest BCUT2D eigenvalue weighted by Crippen LogP contribution is 2.20. The first-order valence-electron chi connectivity index (χ1n) is 6.73. The standard InChI is InChI=1S/C13H26N2/c1-11-6-7-14-13(9-11)10-15-8-4-3-5-12(15)2/h11-14H,3-10H2,1-2H3. The monoisotopic (exact) mass is 210 g/mol. The summed E-state index contributed by atoms with van der Waals surface area (Å²) in [7, 11) is 0. The van der Waals surface area contributed by atoms with Crippen molar-refractivity contribution < 1.29 is 0 Å². The maximum absolute atomic E-state index is 3.68. The van der Waals surface area contributed by atoms with Gasteiger partial charge in [0.25, 0.3) is 0 Å². The Balaban J connectivity index is 1.79. The molecule has 2 rings (SSSR count). The van der Waals surface area contributed by atoms with Gasteiger partial charge in [0.15, 0.2) is 0 Å². The Hall–Kier alpha value is -0.0800. The minimum Gasteiger partial charge on any atom is -0.313 e. The van der Waals surface area contributed by atoms with Crippen LogP contribution in [0.4, 0.5) is 0 Å². The summed E-state index contributed by atoms with van der Waals surface area (Å²) >= 11 is 0. The van der Waals surface area contributed by atoms with Gasteiger partial charge in [0.1, 0.15) is 0 Å². The van der Waals surface area contributed by atoms with Crippen molar-refractivity contribution in [2.24, 2.45) is 5.92 Å². The molecule has 1 N–H and O–H groups in total. The lowest BCUT2D eigenvalue weighted by Crippen LogP contribution is -2.49. The molecule has 0 spiro atoms. The van der Waals surface area contributed by atoms with E-state index in [2.05, 4.69) is 24.1 Å². The lowest BCUT2D eigenvalue weighted by atomic mass is 9.93. The summed E-state index contributed by atoms with van der Waals surface area (Å²) in [6.07, 6.45) is 7.00. The normalized spacial score (nSPS) is 39.2. The van der Waals surface area contributed by atoms with Crippen LogP contribution in [-0.4, -0.2) is 36.6 Å². The predicted molar refractivity (Wildman–Crippen MR) is 65.1 cm³/mol. The van der Waals surface area contributed by atoms with Crippen LogP contribution in [-0.2, 0) is 0 Å². The van der Waals surface area contributed by atoms with Gasteiger partial charge < -0.3 is 5.32 Å². The van der Waals surface area contributed by atoms with E-state index in [9.17, 15) is 0 Å². The van der Waals surface area contributed by atoms with Crippen LogP contribution in [0, 0.1) is 5.92 Å². The molecule has 2 aliphatic rings. The van der Waals surface area contributed by atoms with E-state index in [-0.39, 0.29) is 0 Å². The van der Waals surface area contributed by atoms with E-state index in [4.69, 9.17) is 0 Å². The van der Waals surface area contributed by atoms with Crippen LogP contribution in [0.15, 0.2) is 0 Å². The number of hydrogen-bond acceptors (Lipinski definition) is 2. The van der Waals surface area contributed by atoms with Gasteiger partial charge in [-0.3, -0.25) is 4.90 Å². The van der Waals surface area contributed by atoms with Crippen molar-refractivity contribution in [1.29, 1.82) is 0 Å². The lowest BCUT2D eigenvalue weighted by Gasteiger charge is -2.38. The summed E-state index contributed by atoms with van der Waals surface area (Å²) in [5, 5.41) is 3.68. The maximum Gasteiger partial charge on any atom is 0.0197 e. The van der Waals surface area contributed by atoms with Gasteiger partial charge in [-0.15, -0.1) is 0 Å². The number of rotatable bonds is 2. The Labute approximate surface area is 94.4 Å². The first kappa shape index (κ1) is 11.4. The first-order valence-corrected chi connectivity index (χ1v) is 6.73. The molecule has 2 heterocycles. The maximum atomic E-state index is 3.68. The van der Waals surface area contributed by atoms with E-state index in [0.717, 1.165) is 18.0 Å². The number of nitrogens with zero attached hydrogens (tertiary/aromatic N) is 1. The fourth-order valence-corrected chi connectivity index (χ4v) is 3.07. The molecular formula is C13H26N2. The molecule has 2 saturated heterocycles. The second kappa shape index (κ2) is 5.31. The van der Waals surface area contributed by atoms with Crippen molar-refractivity contribution in [3.63, 3.8) is 0 Å². The van der Waals surface area contributed by atoms with Gasteiger partial charge in [-0.25, -0.2) is 0 Å². The molecule has 0 aromatic rings. The largest absolute Gasteiger partial charge is 0.313 e. The quantitative estimate of drug-likeness (QED) is 0.752. The fourth-order valence-electron chi connectivity index (χ4n) is 3.07. The van der Waals surface area contributed by atoms with Gasteiger partial charge in [0, 0.05) is 18.6 Å². The molecule has 2 nitrogen and oxygen atoms in total. The highest BCUT2D eigenvalue weighted by Gasteiger charge is 2.24. The molecule has 2 aliphatic heterocycles. The molecular weight excluding hydrogens is 184 g/mol. The van der Waals surface area contributed by atoms with Crippen molar-refractivity contribution in [3.8, 4) is 0 Å². The average molecular weight is 210 g/mol. The summed E-state index contributed by atoms with van der Waals surface area (Å²) in [5.74, 6) is 0.927. The van der Waals surface area contributed by atoms with E-state index >= 15 is 0 Å². The van der Waals surface area contributed by atoms with E-state index < -0.39 is 0 Å². The lowest BCUT2D eigenvalue weighted by molar-refractivity contribution is 0.130. The highest BCUT2D eigenvalue weighted by atomic mass is 15.2. The SMILES string of the molecule is CC1CCNC(CN2CCCCC2C)C1. The molecule has 2 heteroatoms. The zero-order chi connectivity index (χ0) is 10.7. The third-order valence-corrected chi connectivity index (χ3v) is 4.15. The Morgan fingerprint density at radius 3 is 2.80 bits per heavy atom. The van der Waals surface area contributed by atoms with Gasteiger partial charge in [-0.2, -0.15) is 0 Å². The Kier molecular flexibility index (Phi) is 4.04. The summed E-state index contributed by atoms with van der Waals surface area (Å²) in [6.45, 7) is 8.63. The van der Waals surface area contributed by atoms with Crippen LogP contribution in [0.3, 0.4) is 0 Å². The second-order valence-corrected chi connectivity index (χ2v) is 5.62. The number of piperidine rings is 2. The third-order valence-electron chi connectivity index (χ3n) is 4.15. The highest BCUT2D eigenvalue weighted by molar-refractivity contribution is 4.82. The fraction of sp³-hybridized carbons (Fsp3) is 1.00.